The van der Waals surface area contributed by atoms with E-state index in [4.69, 9.17) is 9.84 Å². The van der Waals surface area contributed by atoms with Gasteiger partial charge >= 0.3 is 0 Å². The summed E-state index contributed by atoms with van der Waals surface area (Å²) in [5.74, 6) is 0.776. The van der Waals surface area contributed by atoms with Crippen LogP contribution in [0.25, 0.3) is 0 Å². The maximum Gasteiger partial charge on any atom is 0.133 e. The quantitative estimate of drug-likeness (QED) is 0.781. The number of aliphatic hydroxyl groups excluding tert-OH is 1. The van der Waals surface area contributed by atoms with Crippen LogP contribution in [-0.4, -0.2) is 18.9 Å². The molecule has 0 saturated carbocycles. The fraction of sp³-hybridized carbons (Fsp3) is 0.250. The van der Waals surface area contributed by atoms with Crippen LogP contribution in [0.5, 0.6) is 5.75 Å². The molecule has 0 atom stereocenters. The van der Waals surface area contributed by atoms with Crippen LogP contribution >= 0.6 is 15.9 Å². The first-order valence-electron chi connectivity index (χ1n) is 3.46. The smallest absolute Gasteiger partial charge is 0.133 e. The summed E-state index contributed by atoms with van der Waals surface area (Å²) < 4.78 is 5.91. The zero-order chi connectivity index (χ0) is 8.97. The molecular formula is C8H10BrNO2. The minimum atomic E-state index is -0.0707. The van der Waals surface area contributed by atoms with E-state index in [9.17, 15) is 0 Å². The number of hydrogen-bond donors (Lipinski definition) is 2. The Morgan fingerprint density at radius 2 is 2.33 bits per heavy atom. The van der Waals surface area contributed by atoms with Crippen LogP contribution in [0.15, 0.2) is 22.7 Å². The van der Waals surface area contributed by atoms with Gasteiger partial charge in [0.1, 0.15) is 12.5 Å². The average Bonchev–Trinajstić information content (AvgIpc) is 2.05. The lowest BCUT2D eigenvalue weighted by molar-refractivity contribution is 0.325. The number of aliphatic hydroxyl groups is 1. The van der Waals surface area contributed by atoms with Crippen LogP contribution in [-0.2, 0) is 0 Å². The Balaban J connectivity index is 2.86. The lowest BCUT2D eigenvalue weighted by Gasteiger charge is -2.06. The number of anilines is 1. The number of ether oxygens (including phenoxy) is 1. The van der Waals surface area contributed by atoms with Gasteiger partial charge in [-0.3, -0.25) is 0 Å². The SMILES string of the molecule is COc1ccc(NCO)cc1Br. The van der Waals surface area contributed by atoms with Crippen molar-refractivity contribution in [1.82, 2.24) is 0 Å². The highest BCUT2D eigenvalue weighted by atomic mass is 79.9. The van der Waals surface area contributed by atoms with Crippen molar-refractivity contribution in [1.29, 1.82) is 0 Å². The molecule has 66 valence electrons. The van der Waals surface area contributed by atoms with Crippen LogP contribution in [0, 0.1) is 0 Å². The van der Waals surface area contributed by atoms with Gasteiger partial charge in [-0.15, -0.1) is 0 Å². The molecule has 0 radical (unpaired) electrons. The van der Waals surface area contributed by atoms with E-state index >= 15 is 0 Å². The third-order valence-corrected chi connectivity index (χ3v) is 2.05. The van der Waals surface area contributed by atoms with E-state index in [1.165, 1.54) is 0 Å². The highest BCUT2D eigenvalue weighted by Gasteiger charge is 1.99. The Kier molecular flexibility index (Phi) is 3.37. The number of benzene rings is 1. The molecule has 12 heavy (non-hydrogen) atoms. The Hall–Kier alpha value is -0.740. The monoisotopic (exact) mass is 231 g/mol. The van der Waals surface area contributed by atoms with Crippen LogP contribution in [0.4, 0.5) is 5.69 Å². The standard InChI is InChI=1S/C8H10BrNO2/c1-12-8-3-2-6(10-5-11)4-7(8)9/h2-4,10-11H,5H2,1H3. The van der Waals surface area contributed by atoms with Gasteiger partial charge < -0.3 is 15.2 Å². The summed E-state index contributed by atoms with van der Waals surface area (Å²) in [5, 5.41) is 11.3. The normalized spacial score (nSPS) is 9.58. The zero-order valence-electron chi connectivity index (χ0n) is 6.67. The van der Waals surface area contributed by atoms with E-state index in [0.717, 1.165) is 15.9 Å². The summed E-state index contributed by atoms with van der Waals surface area (Å²) in [7, 11) is 1.61. The minimum Gasteiger partial charge on any atom is -0.496 e. The van der Waals surface area contributed by atoms with Crippen molar-refractivity contribution >= 4 is 21.6 Å². The topological polar surface area (TPSA) is 41.5 Å². The lowest BCUT2D eigenvalue weighted by Crippen LogP contribution is -1.99. The lowest BCUT2D eigenvalue weighted by atomic mass is 10.3. The van der Waals surface area contributed by atoms with Crippen molar-refractivity contribution in [2.75, 3.05) is 19.2 Å². The molecule has 0 aliphatic carbocycles. The molecule has 0 aromatic heterocycles. The van der Waals surface area contributed by atoms with Gasteiger partial charge in [-0.2, -0.15) is 0 Å². The molecule has 2 N–H and O–H groups in total. The second-order valence-corrected chi connectivity index (χ2v) is 3.04. The Morgan fingerprint density at radius 3 is 2.83 bits per heavy atom. The molecule has 4 heteroatoms. The molecular weight excluding hydrogens is 222 g/mol. The molecule has 0 aliphatic heterocycles. The first-order chi connectivity index (χ1) is 5.77. The van der Waals surface area contributed by atoms with Crippen molar-refractivity contribution in [3.05, 3.63) is 22.7 Å². The Morgan fingerprint density at radius 1 is 1.58 bits per heavy atom. The maximum absolute atomic E-state index is 8.58. The third-order valence-electron chi connectivity index (χ3n) is 1.43. The predicted molar refractivity (Wildman–Crippen MR) is 51.4 cm³/mol. The van der Waals surface area contributed by atoms with Gasteiger partial charge in [0, 0.05) is 5.69 Å². The van der Waals surface area contributed by atoms with Crippen molar-refractivity contribution in [2.24, 2.45) is 0 Å². The van der Waals surface area contributed by atoms with Crippen molar-refractivity contribution in [2.45, 2.75) is 0 Å². The second-order valence-electron chi connectivity index (χ2n) is 2.18. The van der Waals surface area contributed by atoms with Crippen LogP contribution in [0.3, 0.4) is 0 Å². The molecule has 0 unspecified atom stereocenters. The summed E-state index contributed by atoms with van der Waals surface area (Å²) in [6, 6.07) is 5.50. The van der Waals surface area contributed by atoms with Crippen LogP contribution in [0.2, 0.25) is 0 Å². The predicted octanol–water partition coefficient (Wildman–Crippen LogP) is 1.82. The highest BCUT2D eigenvalue weighted by Crippen LogP contribution is 2.27. The first kappa shape index (κ1) is 9.35. The number of rotatable bonds is 3. The number of methoxy groups -OCH3 is 1. The van der Waals surface area contributed by atoms with Crippen LogP contribution in [0.1, 0.15) is 0 Å². The van der Waals surface area contributed by atoms with Crippen LogP contribution < -0.4 is 10.1 Å². The molecule has 0 bridgehead atoms. The summed E-state index contributed by atoms with van der Waals surface area (Å²) in [6.07, 6.45) is 0. The fourth-order valence-corrected chi connectivity index (χ4v) is 1.41. The van der Waals surface area contributed by atoms with Crippen molar-refractivity contribution in [3.8, 4) is 5.75 Å². The fourth-order valence-electron chi connectivity index (χ4n) is 0.868. The molecule has 1 aromatic carbocycles. The molecule has 0 heterocycles. The van der Waals surface area contributed by atoms with Gasteiger partial charge in [-0.05, 0) is 34.1 Å². The molecule has 1 aromatic rings. The number of halogens is 1. The average molecular weight is 232 g/mol. The summed E-state index contributed by atoms with van der Waals surface area (Å²) >= 11 is 3.33. The van der Waals surface area contributed by atoms with Gasteiger partial charge in [0.15, 0.2) is 0 Å². The number of hydrogen-bond acceptors (Lipinski definition) is 3. The first-order valence-corrected chi connectivity index (χ1v) is 4.25. The second kappa shape index (κ2) is 4.33. The van der Waals surface area contributed by atoms with Gasteiger partial charge in [-0.1, -0.05) is 0 Å². The molecule has 0 saturated heterocycles. The van der Waals surface area contributed by atoms with Crippen molar-refractivity contribution in [3.63, 3.8) is 0 Å². The van der Waals surface area contributed by atoms with E-state index < -0.39 is 0 Å². The molecule has 1 rings (SSSR count). The largest absolute Gasteiger partial charge is 0.496 e. The van der Waals surface area contributed by atoms with Gasteiger partial charge in [-0.25, -0.2) is 0 Å². The van der Waals surface area contributed by atoms with E-state index in [0.29, 0.717) is 0 Å². The number of nitrogens with one attached hydrogen (secondary N) is 1. The maximum atomic E-state index is 8.58. The molecule has 0 amide bonds. The highest BCUT2D eigenvalue weighted by molar-refractivity contribution is 9.10. The molecule has 3 nitrogen and oxygen atoms in total. The summed E-state index contributed by atoms with van der Waals surface area (Å²) in [6.45, 7) is -0.0707. The molecule has 0 aliphatic rings. The van der Waals surface area contributed by atoms with Gasteiger partial charge in [0.25, 0.3) is 0 Å². The summed E-state index contributed by atoms with van der Waals surface area (Å²) in [5.41, 5.74) is 0.852. The molecule has 0 fully saturated rings. The minimum absolute atomic E-state index is 0.0707. The third kappa shape index (κ3) is 2.12. The van der Waals surface area contributed by atoms with E-state index in [1.54, 1.807) is 7.11 Å². The van der Waals surface area contributed by atoms with Gasteiger partial charge in [0.2, 0.25) is 0 Å². The van der Waals surface area contributed by atoms with E-state index in [1.807, 2.05) is 18.2 Å². The Labute approximate surface area is 79.5 Å². The molecule has 0 spiro atoms. The van der Waals surface area contributed by atoms with Gasteiger partial charge in [0.05, 0.1) is 11.6 Å². The van der Waals surface area contributed by atoms with E-state index in [-0.39, 0.29) is 6.73 Å². The van der Waals surface area contributed by atoms with Crippen molar-refractivity contribution < 1.29 is 9.84 Å². The Bertz CT molecular complexity index is 265. The summed E-state index contributed by atoms with van der Waals surface area (Å²) in [4.78, 5) is 0. The zero-order valence-corrected chi connectivity index (χ0v) is 8.26. The van der Waals surface area contributed by atoms with E-state index in [2.05, 4.69) is 21.2 Å².